The standard InChI is InChI=1S/C16H15N5O2/c22-15-7-14-13(21(15)12-8-18-10-19-9-12)3-6-20(14)16(23)11-1-4-17-5-2-11/h1-2,4-5,8-10,13-14H,3,6-7H2/t13-,14-/m1/s1. The highest BCUT2D eigenvalue weighted by molar-refractivity contribution is 6.00. The molecule has 0 N–H and O–H groups in total. The minimum Gasteiger partial charge on any atom is -0.333 e. The number of rotatable bonds is 2. The Morgan fingerprint density at radius 1 is 1.09 bits per heavy atom. The van der Waals surface area contributed by atoms with Gasteiger partial charge in [0.05, 0.1) is 30.2 Å². The van der Waals surface area contributed by atoms with Crippen LogP contribution in [0.2, 0.25) is 0 Å². The molecule has 2 saturated heterocycles. The normalized spacial score (nSPS) is 23.2. The Balaban J connectivity index is 1.60. The topological polar surface area (TPSA) is 79.3 Å². The van der Waals surface area contributed by atoms with E-state index in [9.17, 15) is 9.59 Å². The summed E-state index contributed by atoms with van der Waals surface area (Å²) >= 11 is 0. The average molecular weight is 309 g/mol. The molecule has 2 amide bonds. The van der Waals surface area contributed by atoms with Gasteiger partial charge in [-0.2, -0.15) is 0 Å². The van der Waals surface area contributed by atoms with Crippen molar-refractivity contribution >= 4 is 17.5 Å². The smallest absolute Gasteiger partial charge is 0.254 e. The molecular weight excluding hydrogens is 294 g/mol. The predicted molar refractivity (Wildman–Crippen MR) is 81.6 cm³/mol. The number of hydrogen-bond acceptors (Lipinski definition) is 5. The van der Waals surface area contributed by atoms with E-state index < -0.39 is 0 Å². The van der Waals surface area contributed by atoms with Gasteiger partial charge >= 0.3 is 0 Å². The van der Waals surface area contributed by atoms with E-state index in [-0.39, 0.29) is 23.9 Å². The number of anilines is 1. The second-order valence-electron chi connectivity index (χ2n) is 5.72. The van der Waals surface area contributed by atoms with Crippen LogP contribution in [0, 0.1) is 0 Å². The van der Waals surface area contributed by atoms with Crippen molar-refractivity contribution in [2.45, 2.75) is 24.9 Å². The summed E-state index contributed by atoms with van der Waals surface area (Å²) < 4.78 is 0. The maximum atomic E-state index is 12.7. The number of likely N-dealkylation sites (tertiary alicyclic amines) is 1. The van der Waals surface area contributed by atoms with E-state index in [1.807, 2.05) is 4.90 Å². The van der Waals surface area contributed by atoms with Crippen molar-refractivity contribution < 1.29 is 9.59 Å². The summed E-state index contributed by atoms with van der Waals surface area (Å²) in [5, 5.41) is 0. The van der Waals surface area contributed by atoms with Crippen molar-refractivity contribution in [2.75, 3.05) is 11.4 Å². The lowest BCUT2D eigenvalue weighted by Crippen LogP contribution is -2.40. The zero-order chi connectivity index (χ0) is 15.8. The molecule has 0 unspecified atom stereocenters. The Labute approximate surface area is 133 Å². The van der Waals surface area contributed by atoms with Gasteiger partial charge in [-0.1, -0.05) is 0 Å². The van der Waals surface area contributed by atoms with Gasteiger partial charge in [0.1, 0.15) is 6.33 Å². The number of fused-ring (bicyclic) bond motifs is 1. The molecule has 0 aliphatic carbocycles. The first-order valence-electron chi connectivity index (χ1n) is 7.54. The molecule has 0 spiro atoms. The summed E-state index contributed by atoms with van der Waals surface area (Å²) in [6.45, 7) is 0.647. The van der Waals surface area contributed by atoms with E-state index in [0.717, 1.165) is 6.42 Å². The molecule has 2 fully saturated rings. The van der Waals surface area contributed by atoms with Gasteiger partial charge < -0.3 is 9.80 Å². The lowest BCUT2D eigenvalue weighted by atomic mass is 10.1. The zero-order valence-electron chi connectivity index (χ0n) is 12.4. The SMILES string of the molecule is O=C(c1ccncc1)N1CC[C@@H]2[C@H]1CC(=O)N2c1cncnc1. The van der Waals surface area contributed by atoms with Gasteiger partial charge in [-0.05, 0) is 18.6 Å². The number of pyridine rings is 1. The molecule has 23 heavy (non-hydrogen) atoms. The van der Waals surface area contributed by atoms with E-state index in [0.29, 0.717) is 24.2 Å². The van der Waals surface area contributed by atoms with Gasteiger partial charge in [0.2, 0.25) is 5.91 Å². The maximum Gasteiger partial charge on any atom is 0.254 e. The first-order chi connectivity index (χ1) is 11.3. The fraction of sp³-hybridized carbons (Fsp3) is 0.312. The summed E-state index contributed by atoms with van der Waals surface area (Å²) in [4.78, 5) is 40.6. The van der Waals surface area contributed by atoms with Crippen LogP contribution >= 0.6 is 0 Å². The summed E-state index contributed by atoms with van der Waals surface area (Å²) in [7, 11) is 0. The molecule has 0 saturated carbocycles. The van der Waals surface area contributed by atoms with Gasteiger partial charge in [0.15, 0.2) is 0 Å². The Morgan fingerprint density at radius 2 is 1.83 bits per heavy atom. The molecule has 7 heteroatoms. The van der Waals surface area contributed by atoms with Crippen LogP contribution in [0.1, 0.15) is 23.2 Å². The van der Waals surface area contributed by atoms with Crippen molar-refractivity contribution in [1.82, 2.24) is 19.9 Å². The van der Waals surface area contributed by atoms with Crippen LogP contribution in [0.3, 0.4) is 0 Å². The van der Waals surface area contributed by atoms with Crippen molar-refractivity contribution in [3.8, 4) is 0 Å². The van der Waals surface area contributed by atoms with Crippen LogP contribution in [0.4, 0.5) is 5.69 Å². The largest absolute Gasteiger partial charge is 0.333 e. The van der Waals surface area contributed by atoms with E-state index in [2.05, 4.69) is 15.0 Å². The number of amides is 2. The third kappa shape index (κ3) is 2.25. The summed E-state index contributed by atoms with van der Waals surface area (Å²) in [5.74, 6) is -0.0270. The summed E-state index contributed by atoms with van der Waals surface area (Å²) in [5.41, 5.74) is 1.30. The molecule has 2 aromatic heterocycles. The highest BCUT2D eigenvalue weighted by atomic mass is 16.2. The van der Waals surface area contributed by atoms with Crippen molar-refractivity contribution in [3.63, 3.8) is 0 Å². The molecule has 0 bridgehead atoms. The Morgan fingerprint density at radius 3 is 2.57 bits per heavy atom. The van der Waals surface area contributed by atoms with E-state index >= 15 is 0 Å². The second-order valence-corrected chi connectivity index (χ2v) is 5.72. The van der Waals surface area contributed by atoms with Gasteiger partial charge in [0.25, 0.3) is 5.91 Å². The van der Waals surface area contributed by atoms with Gasteiger partial charge in [-0.3, -0.25) is 14.6 Å². The van der Waals surface area contributed by atoms with E-state index in [1.54, 1.807) is 41.8 Å². The first kappa shape index (κ1) is 13.8. The molecular formula is C16H15N5O2. The van der Waals surface area contributed by atoms with Crippen molar-refractivity contribution in [3.05, 3.63) is 48.8 Å². The van der Waals surface area contributed by atoms with Crippen LogP contribution in [0.25, 0.3) is 0 Å². The van der Waals surface area contributed by atoms with E-state index in [4.69, 9.17) is 0 Å². The zero-order valence-corrected chi connectivity index (χ0v) is 12.4. The maximum absolute atomic E-state index is 12.7. The average Bonchev–Trinajstić information content (AvgIpc) is 3.13. The second kappa shape index (κ2) is 5.42. The monoisotopic (exact) mass is 309 g/mol. The summed E-state index contributed by atoms with van der Waals surface area (Å²) in [6, 6.07) is 3.31. The van der Waals surface area contributed by atoms with Crippen LogP contribution in [0.5, 0.6) is 0 Å². The molecule has 4 rings (SSSR count). The molecule has 0 radical (unpaired) electrons. The predicted octanol–water partition coefficient (Wildman–Crippen LogP) is 0.892. The fourth-order valence-electron chi connectivity index (χ4n) is 3.51. The van der Waals surface area contributed by atoms with Crippen LogP contribution in [-0.4, -0.2) is 50.3 Å². The van der Waals surface area contributed by atoms with Gasteiger partial charge in [-0.15, -0.1) is 0 Å². The van der Waals surface area contributed by atoms with Gasteiger partial charge in [-0.25, -0.2) is 9.97 Å². The first-order valence-corrected chi connectivity index (χ1v) is 7.54. The minimum absolute atomic E-state index is 0.000660. The van der Waals surface area contributed by atoms with Crippen LogP contribution < -0.4 is 4.90 Å². The molecule has 2 aromatic rings. The third-order valence-corrected chi connectivity index (χ3v) is 4.51. The highest BCUT2D eigenvalue weighted by Gasteiger charge is 2.49. The van der Waals surface area contributed by atoms with Crippen molar-refractivity contribution in [2.24, 2.45) is 0 Å². The molecule has 4 heterocycles. The number of hydrogen-bond donors (Lipinski definition) is 0. The lowest BCUT2D eigenvalue weighted by Gasteiger charge is -2.25. The van der Waals surface area contributed by atoms with Crippen molar-refractivity contribution in [1.29, 1.82) is 0 Å². The molecule has 0 aromatic carbocycles. The number of aromatic nitrogens is 3. The number of carbonyl (C=O) groups is 2. The molecule has 2 aliphatic rings. The minimum atomic E-state index is -0.0941. The molecule has 116 valence electrons. The highest BCUT2D eigenvalue weighted by Crippen LogP contribution is 2.36. The number of nitrogens with zero attached hydrogens (tertiary/aromatic N) is 5. The quantitative estimate of drug-likeness (QED) is 0.823. The summed E-state index contributed by atoms with van der Waals surface area (Å²) in [6.07, 6.45) is 9.04. The Bertz CT molecular complexity index is 737. The Kier molecular flexibility index (Phi) is 3.25. The third-order valence-electron chi connectivity index (χ3n) is 4.51. The number of carbonyl (C=O) groups excluding carboxylic acids is 2. The molecule has 2 aliphatic heterocycles. The molecule has 2 atom stereocenters. The van der Waals surface area contributed by atoms with Gasteiger partial charge in [0, 0.05) is 30.9 Å². The van der Waals surface area contributed by atoms with Crippen LogP contribution in [-0.2, 0) is 4.79 Å². The van der Waals surface area contributed by atoms with E-state index in [1.165, 1.54) is 6.33 Å². The molecule has 7 nitrogen and oxygen atoms in total. The lowest BCUT2D eigenvalue weighted by molar-refractivity contribution is -0.117. The fourth-order valence-corrected chi connectivity index (χ4v) is 3.51. The van der Waals surface area contributed by atoms with Crippen LogP contribution in [0.15, 0.2) is 43.2 Å². The Hall–Kier alpha value is -2.83.